The molecule has 0 aliphatic heterocycles. The summed E-state index contributed by atoms with van der Waals surface area (Å²) in [6.07, 6.45) is 4.60. The molecule has 0 fully saturated rings. The second-order valence-electron chi connectivity index (χ2n) is 7.87. The molecule has 4 aromatic rings. The molecule has 4 rings (SSSR count). The van der Waals surface area contributed by atoms with Gasteiger partial charge in [0.1, 0.15) is 11.3 Å². The Bertz CT molecular complexity index is 1160. The van der Waals surface area contributed by atoms with E-state index in [4.69, 9.17) is 8.83 Å². The molecule has 0 aliphatic carbocycles. The van der Waals surface area contributed by atoms with Gasteiger partial charge in [0.15, 0.2) is 5.58 Å². The number of hydrogen-bond donors (Lipinski definition) is 1. The van der Waals surface area contributed by atoms with Crippen molar-refractivity contribution in [2.45, 2.75) is 26.2 Å². The normalized spacial score (nSPS) is 12.0. The maximum Gasteiger partial charge on any atom is 0.248 e. The number of amides is 1. The van der Waals surface area contributed by atoms with E-state index in [1.54, 1.807) is 42.7 Å². The van der Waals surface area contributed by atoms with Gasteiger partial charge in [-0.2, -0.15) is 0 Å². The highest BCUT2D eigenvalue weighted by Gasteiger charge is 2.15. The quantitative estimate of drug-likeness (QED) is 0.434. The number of anilines is 1. The number of nitrogens with one attached hydrogen (secondary N) is 1. The van der Waals surface area contributed by atoms with Gasteiger partial charge < -0.3 is 14.2 Å². The van der Waals surface area contributed by atoms with E-state index in [2.05, 4.69) is 43.2 Å². The maximum absolute atomic E-state index is 12.1. The fraction of sp³-hybridized carbons (Fsp3) is 0.167. The standard InChI is InChI=1S/C24H22N2O3/c1-24(2,3)17-8-6-16(7-9-17)23-26-20-15-18(10-12-21(20)29-23)25-22(27)13-11-19-5-4-14-28-19/h4-15H,1-3H3,(H,25,27)/b13-11+. The summed E-state index contributed by atoms with van der Waals surface area (Å²) in [5.74, 6) is 0.929. The molecule has 0 saturated heterocycles. The minimum atomic E-state index is -0.248. The number of fused-ring (bicyclic) bond motifs is 1. The van der Waals surface area contributed by atoms with Crippen molar-refractivity contribution in [1.82, 2.24) is 4.98 Å². The largest absolute Gasteiger partial charge is 0.465 e. The Hall–Kier alpha value is -3.60. The van der Waals surface area contributed by atoms with Gasteiger partial charge in [0.2, 0.25) is 11.8 Å². The number of rotatable bonds is 4. The van der Waals surface area contributed by atoms with E-state index in [1.807, 2.05) is 12.1 Å². The molecular formula is C24H22N2O3. The lowest BCUT2D eigenvalue weighted by atomic mass is 9.87. The molecule has 0 radical (unpaired) electrons. The van der Waals surface area contributed by atoms with Crippen LogP contribution in [-0.4, -0.2) is 10.9 Å². The highest BCUT2D eigenvalue weighted by molar-refractivity contribution is 6.02. The number of benzene rings is 2. The minimum Gasteiger partial charge on any atom is -0.465 e. The van der Waals surface area contributed by atoms with Crippen LogP contribution in [0.15, 0.2) is 75.8 Å². The van der Waals surface area contributed by atoms with Crippen LogP contribution >= 0.6 is 0 Å². The van der Waals surface area contributed by atoms with Crippen LogP contribution < -0.4 is 5.32 Å². The predicted octanol–water partition coefficient (Wildman–Crippen LogP) is 6.04. The van der Waals surface area contributed by atoms with E-state index < -0.39 is 0 Å². The zero-order valence-electron chi connectivity index (χ0n) is 16.6. The Morgan fingerprint density at radius 2 is 1.86 bits per heavy atom. The average Bonchev–Trinajstić information content (AvgIpc) is 3.35. The van der Waals surface area contributed by atoms with Gasteiger partial charge in [0.25, 0.3) is 0 Å². The van der Waals surface area contributed by atoms with Gasteiger partial charge in [0.05, 0.1) is 6.26 Å². The summed E-state index contributed by atoms with van der Waals surface area (Å²) >= 11 is 0. The van der Waals surface area contributed by atoms with Crippen molar-refractivity contribution >= 4 is 28.8 Å². The molecule has 5 nitrogen and oxygen atoms in total. The van der Waals surface area contributed by atoms with Gasteiger partial charge in [-0.25, -0.2) is 4.98 Å². The molecular weight excluding hydrogens is 364 g/mol. The van der Waals surface area contributed by atoms with Gasteiger partial charge in [-0.05, 0) is 59.5 Å². The molecule has 0 atom stereocenters. The lowest BCUT2D eigenvalue weighted by Crippen LogP contribution is -2.10. The van der Waals surface area contributed by atoms with Crippen LogP contribution in [0.1, 0.15) is 32.1 Å². The highest BCUT2D eigenvalue weighted by Crippen LogP contribution is 2.29. The molecule has 0 spiro atoms. The smallest absolute Gasteiger partial charge is 0.248 e. The SMILES string of the molecule is CC(C)(C)c1ccc(-c2nc3cc(NC(=O)/C=C/c4ccco4)ccc3o2)cc1. The Labute approximate surface area is 169 Å². The Morgan fingerprint density at radius 1 is 1.07 bits per heavy atom. The topological polar surface area (TPSA) is 68.3 Å². The second kappa shape index (κ2) is 7.43. The number of furan rings is 1. The molecule has 1 N–H and O–H groups in total. The lowest BCUT2D eigenvalue weighted by Gasteiger charge is -2.18. The molecule has 29 heavy (non-hydrogen) atoms. The van der Waals surface area contributed by atoms with Crippen molar-refractivity contribution in [3.05, 3.63) is 78.3 Å². The van der Waals surface area contributed by atoms with Crippen molar-refractivity contribution in [3.63, 3.8) is 0 Å². The molecule has 5 heteroatoms. The molecule has 2 aromatic heterocycles. The summed E-state index contributed by atoms with van der Waals surface area (Å²) in [5, 5.41) is 2.82. The summed E-state index contributed by atoms with van der Waals surface area (Å²) < 4.78 is 11.1. The molecule has 0 bridgehead atoms. The van der Waals surface area contributed by atoms with Crippen LogP contribution in [0.5, 0.6) is 0 Å². The number of nitrogens with zero attached hydrogens (tertiary/aromatic N) is 1. The van der Waals surface area contributed by atoms with Crippen LogP contribution in [0, 0.1) is 0 Å². The van der Waals surface area contributed by atoms with E-state index in [0.717, 1.165) is 5.56 Å². The highest BCUT2D eigenvalue weighted by atomic mass is 16.3. The van der Waals surface area contributed by atoms with Crippen molar-refractivity contribution in [3.8, 4) is 11.5 Å². The first-order chi connectivity index (χ1) is 13.9. The lowest BCUT2D eigenvalue weighted by molar-refractivity contribution is -0.111. The number of oxazole rings is 1. The zero-order chi connectivity index (χ0) is 20.4. The zero-order valence-corrected chi connectivity index (χ0v) is 16.6. The monoisotopic (exact) mass is 386 g/mol. The average molecular weight is 386 g/mol. The first-order valence-corrected chi connectivity index (χ1v) is 9.42. The summed E-state index contributed by atoms with van der Waals surface area (Å²) in [5.41, 5.74) is 4.27. The van der Waals surface area contributed by atoms with E-state index in [-0.39, 0.29) is 11.3 Å². The molecule has 0 aliphatic rings. The summed E-state index contributed by atoms with van der Waals surface area (Å²) in [4.78, 5) is 16.7. The first-order valence-electron chi connectivity index (χ1n) is 9.42. The predicted molar refractivity (Wildman–Crippen MR) is 115 cm³/mol. The Kier molecular flexibility index (Phi) is 4.80. The fourth-order valence-corrected chi connectivity index (χ4v) is 2.97. The third-order valence-electron chi connectivity index (χ3n) is 4.60. The number of carbonyl (C=O) groups excluding carboxylic acids is 1. The van der Waals surface area contributed by atoms with E-state index in [1.165, 1.54) is 11.6 Å². The third kappa shape index (κ3) is 4.29. The number of hydrogen-bond acceptors (Lipinski definition) is 4. The molecule has 0 saturated carbocycles. The van der Waals surface area contributed by atoms with Crippen molar-refractivity contribution in [2.24, 2.45) is 0 Å². The van der Waals surface area contributed by atoms with Crippen LogP contribution in [-0.2, 0) is 10.2 Å². The molecule has 2 heterocycles. The van der Waals surface area contributed by atoms with Gasteiger partial charge in [-0.15, -0.1) is 0 Å². The van der Waals surface area contributed by atoms with Gasteiger partial charge in [0, 0.05) is 17.3 Å². The third-order valence-corrected chi connectivity index (χ3v) is 4.60. The van der Waals surface area contributed by atoms with E-state index in [0.29, 0.717) is 28.4 Å². The van der Waals surface area contributed by atoms with Crippen LogP contribution in [0.25, 0.3) is 28.6 Å². The summed E-state index contributed by atoms with van der Waals surface area (Å²) in [6.45, 7) is 6.54. The van der Waals surface area contributed by atoms with Gasteiger partial charge in [-0.1, -0.05) is 32.9 Å². The summed E-state index contributed by atoms with van der Waals surface area (Å²) in [6, 6.07) is 17.2. The molecule has 2 aromatic carbocycles. The Morgan fingerprint density at radius 3 is 2.55 bits per heavy atom. The number of carbonyl (C=O) groups is 1. The fourth-order valence-electron chi connectivity index (χ4n) is 2.97. The van der Waals surface area contributed by atoms with E-state index >= 15 is 0 Å². The van der Waals surface area contributed by atoms with E-state index in [9.17, 15) is 4.79 Å². The maximum atomic E-state index is 12.1. The summed E-state index contributed by atoms with van der Waals surface area (Å²) in [7, 11) is 0. The van der Waals surface area contributed by atoms with Crippen molar-refractivity contribution < 1.29 is 13.6 Å². The van der Waals surface area contributed by atoms with Gasteiger partial charge in [-0.3, -0.25) is 4.79 Å². The van der Waals surface area contributed by atoms with Crippen molar-refractivity contribution in [1.29, 1.82) is 0 Å². The van der Waals surface area contributed by atoms with Crippen LogP contribution in [0.2, 0.25) is 0 Å². The van der Waals surface area contributed by atoms with Crippen molar-refractivity contribution in [2.75, 3.05) is 5.32 Å². The number of aromatic nitrogens is 1. The van der Waals surface area contributed by atoms with Crippen LogP contribution in [0.3, 0.4) is 0 Å². The molecule has 1 amide bonds. The van der Waals surface area contributed by atoms with Gasteiger partial charge >= 0.3 is 0 Å². The minimum absolute atomic E-state index is 0.0956. The molecule has 0 unspecified atom stereocenters. The van der Waals surface area contributed by atoms with Crippen LogP contribution in [0.4, 0.5) is 5.69 Å². The Balaban J connectivity index is 1.52. The second-order valence-corrected chi connectivity index (χ2v) is 7.87. The molecule has 146 valence electrons. The first kappa shape index (κ1) is 18.7.